The molecule has 4 rings (SSSR count). The fraction of sp³-hybridized carbons (Fsp3) is 0.278. The van der Waals surface area contributed by atoms with Crippen LogP contribution in [0.1, 0.15) is 15.4 Å². The number of ether oxygens (including phenoxy) is 1. The third-order valence-electron chi connectivity index (χ3n) is 4.10. The highest BCUT2D eigenvalue weighted by Gasteiger charge is 2.17. The van der Waals surface area contributed by atoms with Crippen molar-refractivity contribution in [2.75, 3.05) is 36.5 Å². The zero-order valence-corrected chi connectivity index (χ0v) is 15.9. The number of thiophene rings is 1. The molecule has 0 atom stereocenters. The molecule has 4 heterocycles. The Balaban J connectivity index is 1.46. The molecule has 1 saturated heterocycles. The molecular formula is C18H18N4O2S2. The second-order valence-electron chi connectivity index (χ2n) is 5.87. The standard InChI is InChI=1S/C18H18N4O2S2/c1-12-16(26-18(20-12)14-3-2-10-25-14)17(23)21-15-5-4-13(11-19-15)22-6-8-24-9-7-22/h2-5,10-11H,6-9H2,1H3,(H,19,21,23). The molecule has 1 aliphatic heterocycles. The first kappa shape index (κ1) is 17.1. The second-order valence-corrected chi connectivity index (χ2v) is 7.81. The van der Waals surface area contributed by atoms with Crippen LogP contribution in [0.3, 0.4) is 0 Å². The molecule has 0 spiro atoms. The van der Waals surface area contributed by atoms with Crippen LogP contribution < -0.4 is 10.2 Å². The summed E-state index contributed by atoms with van der Waals surface area (Å²) in [5.41, 5.74) is 1.78. The molecule has 1 amide bonds. The average Bonchev–Trinajstić information content (AvgIpc) is 3.32. The monoisotopic (exact) mass is 386 g/mol. The molecule has 0 radical (unpaired) electrons. The third-order valence-corrected chi connectivity index (χ3v) is 6.30. The van der Waals surface area contributed by atoms with Crippen LogP contribution in [0.2, 0.25) is 0 Å². The molecule has 0 unspecified atom stereocenters. The maximum Gasteiger partial charge on any atom is 0.268 e. The number of thiazole rings is 1. The summed E-state index contributed by atoms with van der Waals surface area (Å²) in [7, 11) is 0. The van der Waals surface area contributed by atoms with Gasteiger partial charge >= 0.3 is 0 Å². The van der Waals surface area contributed by atoms with Crippen molar-refractivity contribution in [3.8, 4) is 9.88 Å². The normalized spacial score (nSPS) is 14.4. The molecule has 0 saturated carbocycles. The number of hydrogen-bond acceptors (Lipinski definition) is 7. The van der Waals surface area contributed by atoms with Crippen molar-refractivity contribution in [1.29, 1.82) is 0 Å². The molecule has 8 heteroatoms. The number of rotatable bonds is 4. The van der Waals surface area contributed by atoms with Crippen molar-refractivity contribution in [2.45, 2.75) is 6.92 Å². The van der Waals surface area contributed by atoms with E-state index < -0.39 is 0 Å². The van der Waals surface area contributed by atoms with Crippen LogP contribution >= 0.6 is 22.7 Å². The highest BCUT2D eigenvalue weighted by atomic mass is 32.1. The number of hydrogen-bond donors (Lipinski definition) is 1. The van der Waals surface area contributed by atoms with E-state index in [-0.39, 0.29) is 5.91 Å². The number of morpholine rings is 1. The quantitative estimate of drug-likeness (QED) is 0.741. The van der Waals surface area contributed by atoms with E-state index in [1.807, 2.05) is 36.6 Å². The summed E-state index contributed by atoms with van der Waals surface area (Å²) in [5, 5.41) is 5.75. The molecule has 6 nitrogen and oxygen atoms in total. The van der Waals surface area contributed by atoms with Gasteiger partial charge in [-0.3, -0.25) is 4.79 Å². The largest absolute Gasteiger partial charge is 0.378 e. The minimum atomic E-state index is -0.172. The summed E-state index contributed by atoms with van der Waals surface area (Å²) in [5.74, 6) is 0.368. The Morgan fingerprint density at radius 1 is 1.27 bits per heavy atom. The van der Waals surface area contributed by atoms with Gasteiger partial charge in [0, 0.05) is 13.1 Å². The van der Waals surface area contributed by atoms with Gasteiger partial charge in [-0.1, -0.05) is 6.07 Å². The van der Waals surface area contributed by atoms with Gasteiger partial charge in [0.05, 0.1) is 35.7 Å². The van der Waals surface area contributed by atoms with Crippen LogP contribution in [0.25, 0.3) is 9.88 Å². The number of anilines is 2. The molecule has 1 N–H and O–H groups in total. The minimum absolute atomic E-state index is 0.172. The molecule has 0 aliphatic carbocycles. The Labute approximate surface area is 159 Å². The maximum absolute atomic E-state index is 12.6. The molecule has 1 fully saturated rings. The first-order chi connectivity index (χ1) is 12.7. The van der Waals surface area contributed by atoms with Gasteiger partial charge in [0.25, 0.3) is 5.91 Å². The topological polar surface area (TPSA) is 67.4 Å². The van der Waals surface area contributed by atoms with Crippen molar-refractivity contribution >= 4 is 40.1 Å². The molecule has 0 aromatic carbocycles. The number of carbonyl (C=O) groups is 1. The smallest absolute Gasteiger partial charge is 0.268 e. The van der Waals surface area contributed by atoms with Crippen molar-refractivity contribution in [2.24, 2.45) is 0 Å². The fourth-order valence-electron chi connectivity index (χ4n) is 2.75. The number of pyridine rings is 1. The first-order valence-electron chi connectivity index (χ1n) is 8.32. The van der Waals surface area contributed by atoms with Gasteiger partial charge in [0.15, 0.2) is 0 Å². The molecule has 3 aromatic rings. The van der Waals surface area contributed by atoms with Crippen LogP contribution in [-0.2, 0) is 4.74 Å². The lowest BCUT2D eigenvalue weighted by molar-refractivity contribution is 0.102. The molecular weight excluding hydrogens is 368 g/mol. The van der Waals surface area contributed by atoms with Gasteiger partial charge in [-0.05, 0) is 30.5 Å². The minimum Gasteiger partial charge on any atom is -0.378 e. The van der Waals surface area contributed by atoms with E-state index in [9.17, 15) is 4.79 Å². The summed E-state index contributed by atoms with van der Waals surface area (Å²) in [6.45, 7) is 5.04. The lowest BCUT2D eigenvalue weighted by Gasteiger charge is -2.28. The summed E-state index contributed by atoms with van der Waals surface area (Å²) >= 11 is 3.03. The predicted molar refractivity (Wildman–Crippen MR) is 105 cm³/mol. The molecule has 3 aromatic heterocycles. The Hall–Kier alpha value is -2.29. The van der Waals surface area contributed by atoms with E-state index in [1.54, 1.807) is 17.5 Å². The van der Waals surface area contributed by atoms with Crippen LogP contribution in [-0.4, -0.2) is 42.2 Å². The van der Waals surface area contributed by atoms with Crippen LogP contribution in [0, 0.1) is 6.92 Å². The number of carbonyl (C=O) groups excluding carboxylic acids is 1. The van der Waals surface area contributed by atoms with Crippen molar-refractivity contribution in [1.82, 2.24) is 9.97 Å². The SMILES string of the molecule is Cc1nc(-c2cccs2)sc1C(=O)Nc1ccc(N2CCOCC2)cn1. The summed E-state index contributed by atoms with van der Waals surface area (Å²) in [6.07, 6.45) is 1.79. The second kappa shape index (κ2) is 7.53. The number of amides is 1. The Bertz CT molecular complexity index is 885. The van der Waals surface area contributed by atoms with E-state index in [1.165, 1.54) is 11.3 Å². The molecule has 0 bridgehead atoms. The highest BCUT2D eigenvalue weighted by Crippen LogP contribution is 2.31. The lowest BCUT2D eigenvalue weighted by atomic mass is 10.3. The zero-order valence-electron chi connectivity index (χ0n) is 14.3. The van der Waals surface area contributed by atoms with Crippen molar-refractivity contribution in [3.63, 3.8) is 0 Å². The number of aromatic nitrogens is 2. The van der Waals surface area contributed by atoms with E-state index in [4.69, 9.17) is 4.74 Å². The fourth-order valence-corrected chi connectivity index (χ4v) is 4.51. The summed E-state index contributed by atoms with van der Waals surface area (Å²) in [6, 6.07) is 7.80. The lowest BCUT2D eigenvalue weighted by Crippen LogP contribution is -2.36. The van der Waals surface area contributed by atoms with Crippen molar-refractivity contribution in [3.05, 3.63) is 46.4 Å². The number of aryl methyl sites for hydroxylation is 1. The Morgan fingerprint density at radius 3 is 2.81 bits per heavy atom. The summed E-state index contributed by atoms with van der Waals surface area (Å²) < 4.78 is 5.36. The highest BCUT2D eigenvalue weighted by molar-refractivity contribution is 7.22. The molecule has 26 heavy (non-hydrogen) atoms. The van der Waals surface area contributed by atoms with Crippen molar-refractivity contribution < 1.29 is 9.53 Å². The van der Waals surface area contributed by atoms with Crippen LogP contribution in [0.15, 0.2) is 35.8 Å². The zero-order chi connectivity index (χ0) is 17.9. The first-order valence-corrected chi connectivity index (χ1v) is 10.0. The molecule has 134 valence electrons. The number of nitrogens with zero attached hydrogens (tertiary/aromatic N) is 3. The van der Waals surface area contributed by atoms with Gasteiger partial charge in [-0.15, -0.1) is 22.7 Å². The van der Waals surface area contributed by atoms with Crippen LogP contribution in [0.4, 0.5) is 11.5 Å². The average molecular weight is 387 g/mol. The van der Waals surface area contributed by atoms with Gasteiger partial charge in [-0.25, -0.2) is 9.97 Å². The van der Waals surface area contributed by atoms with E-state index in [2.05, 4.69) is 20.2 Å². The van der Waals surface area contributed by atoms with E-state index in [0.717, 1.165) is 47.6 Å². The number of nitrogens with one attached hydrogen (secondary N) is 1. The summed E-state index contributed by atoms with van der Waals surface area (Å²) in [4.78, 5) is 25.4. The van der Waals surface area contributed by atoms with Gasteiger partial charge < -0.3 is 15.0 Å². The van der Waals surface area contributed by atoms with Gasteiger partial charge in [0.1, 0.15) is 15.7 Å². The van der Waals surface area contributed by atoms with E-state index >= 15 is 0 Å². The third kappa shape index (κ3) is 3.62. The maximum atomic E-state index is 12.6. The molecule has 1 aliphatic rings. The van der Waals surface area contributed by atoms with Crippen LogP contribution in [0.5, 0.6) is 0 Å². The van der Waals surface area contributed by atoms with Gasteiger partial charge in [-0.2, -0.15) is 0 Å². The Morgan fingerprint density at radius 2 is 2.12 bits per heavy atom. The Kier molecular flexibility index (Phi) is 4.96. The predicted octanol–water partition coefficient (Wildman–Crippen LogP) is 3.66. The van der Waals surface area contributed by atoms with Gasteiger partial charge in [0.2, 0.25) is 0 Å². The van der Waals surface area contributed by atoms with E-state index in [0.29, 0.717) is 10.7 Å².